The third-order valence-corrected chi connectivity index (χ3v) is 6.28. The van der Waals surface area contributed by atoms with Crippen LogP contribution < -0.4 is 4.74 Å². The van der Waals surface area contributed by atoms with Crippen molar-refractivity contribution in [1.29, 1.82) is 5.26 Å². The van der Waals surface area contributed by atoms with Crippen LogP contribution in [-0.4, -0.2) is 38.4 Å². The van der Waals surface area contributed by atoms with Gasteiger partial charge in [-0.15, -0.1) is 0 Å². The van der Waals surface area contributed by atoms with Crippen molar-refractivity contribution in [3.05, 3.63) is 29.3 Å². The lowest BCUT2D eigenvalue weighted by atomic mass is 9.87. The van der Waals surface area contributed by atoms with Crippen LogP contribution in [0.4, 0.5) is 0 Å². The predicted molar refractivity (Wildman–Crippen MR) is 85.4 cm³/mol. The van der Waals surface area contributed by atoms with Crippen molar-refractivity contribution >= 4 is 13.5 Å². The topological polar surface area (TPSA) is 111 Å². The number of ether oxygens (including phenoxy) is 1. The zero-order valence-corrected chi connectivity index (χ0v) is 14.4. The molecule has 2 aliphatic rings. The van der Waals surface area contributed by atoms with Crippen molar-refractivity contribution in [2.45, 2.75) is 44.0 Å². The molecule has 0 aliphatic carbocycles. The summed E-state index contributed by atoms with van der Waals surface area (Å²) in [6.45, 7) is 3.67. The first-order valence-electron chi connectivity index (χ1n) is 7.73. The molecule has 24 heavy (non-hydrogen) atoms. The highest BCUT2D eigenvalue weighted by Gasteiger charge is 2.56. The van der Waals surface area contributed by atoms with E-state index in [2.05, 4.69) is 0 Å². The van der Waals surface area contributed by atoms with Crippen LogP contribution in [0.15, 0.2) is 18.2 Å². The number of carbonyl (C=O) groups excluding carboxylic acids is 1. The second-order valence-corrected chi connectivity index (χ2v) is 8.47. The second-order valence-electron chi connectivity index (χ2n) is 6.74. The van der Waals surface area contributed by atoms with Crippen molar-refractivity contribution in [3.8, 4) is 11.8 Å². The lowest BCUT2D eigenvalue weighted by molar-refractivity contribution is -0.131. The Kier molecular flexibility index (Phi) is 3.95. The van der Waals surface area contributed by atoms with Gasteiger partial charge >= 0.3 is 7.60 Å². The Morgan fingerprint density at radius 3 is 2.67 bits per heavy atom. The van der Waals surface area contributed by atoms with E-state index in [0.717, 1.165) is 0 Å². The average Bonchev–Trinajstić information content (AvgIpc) is 2.89. The highest BCUT2D eigenvalue weighted by atomic mass is 31.2. The van der Waals surface area contributed by atoms with E-state index in [4.69, 9.17) is 10.00 Å². The van der Waals surface area contributed by atoms with Gasteiger partial charge in [-0.05, 0) is 38.5 Å². The summed E-state index contributed by atoms with van der Waals surface area (Å²) >= 11 is 0. The fourth-order valence-electron chi connectivity index (χ4n) is 3.73. The number of rotatable bonds is 2. The molecular weight excluding hydrogens is 331 g/mol. The normalized spacial score (nSPS) is 25.8. The van der Waals surface area contributed by atoms with Gasteiger partial charge in [0.2, 0.25) is 5.91 Å². The van der Waals surface area contributed by atoms with Crippen LogP contribution in [0, 0.1) is 11.3 Å². The van der Waals surface area contributed by atoms with Gasteiger partial charge in [-0.2, -0.15) is 5.26 Å². The SMILES string of the molecule is CC1(C)Oc2ccc(C#N)cc2[C@@H](N2CCCC2=O)[C@@H]1P(=O)(O)O. The number of carbonyl (C=O) groups is 1. The number of hydrogen-bond acceptors (Lipinski definition) is 4. The quantitative estimate of drug-likeness (QED) is 0.789. The van der Waals surface area contributed by atoms with E-state index in [0.29, 0.717) is 36.3 Å². The zero-order valence-electron chi connectivity index (χ0n) is 13.5. The standard InChI is InChI=1S/C16H19N2O5P/c1-16(2)15(24(20,21)22)14(18-7-3-4-13(18)19)11-8-10(9-17)5-6-12(11)23-16/h5-6,8,14-15H,3-4,7H2,1-2H3,(H2,20,21,22)/t14-,15+/m1/s1. The van der Waals surface area contributed by atoms with Crippen molar-refractivity contribution < 1.29 is 23.9 Å². The van der Waals surface area contributed by atoms with Gasteiger partial charge in [0.25, 0.3) is 0 Å². The number of nitriles is 1. The van der Waals surface area contributed by atoms with Crippen molar-refractivity contribution in [2.75, 3.05) is 6.54 Å². The molecule has 1 amide bonds. The number of likely N-dealkylation sites (tertiary alicyclic amines) is 1. The van der Waals surface area contributed by atoms with Crippen molar-refractivity contribution in [2.24, 2.45) is 0 Å². The molecule has 128 valence electrons. The predicted octanol–water partition coefficient (Wildman–Crippen LogP) is 1.94. The third-order valence-electron chi connectivity index (χ3n) is 4.65. The molecule has 0 radical (unpaired) electrons. The molecule has 2 heterocycles. The minimum Gasteiger partial charge on any atom is -0.486 e. The van der Waals surface area contributed by atoms with E-state index < -0.39 is 24.9 Å². The second kappa shape index (κ2) is 5.59. The molecular formula is C16H19N2O5P. The van der Waals surface area contributed by atoms with E-state index >= 15 is 0 Å². The summed E-state index contributed by atoms with van der Waals surface area (Å²) in [5.74, 6) is 0.317. The average molecular weight is 350 g/mol. The van der Waals surface area contributed by atoms with Gasteiger partial charge in [0.15, 0.2) is 0 Å². The number of nitrogens with zero attached hydrogens (tertiary/aromatic N) is 2. The molecule has 2 N–H and O–H groups in total. The van der Waals surface area contributed by atoms with Gasteiger partial charge in [0.05, 0.1) is 17.7 Å². The maximum atomic E-state index is 12.3. The van der Waals surface area contributed by atoms with Crippen LogP contribution in [0.1, 0.15) is 43.9 Å². The first kappa shape index (κ1) is 17.0. The molecule has 8 heteroatoms. The maximum Gasteiger partial charge on any atom is 0.335 e. The number of fused-ring (bicyclic) bond motifs is 1. The third kappa shape index (κ3) is 2.71. The summed E-state index contributed by atoms with van der Waals surface area (Å²) < 4.78 is 18.1. The molecule has 0 aromatic heterocycles. The Morgan fingerprint density at radius 2 is 2.12 bits per heavy atom. The summed E-state index contributed by atoms with van der Waals surface area (Å²) in [6.07, 6.45) is 1.01. The summed E-state index contributed by atoms with van der Waals surface area (Å²) in [5, 5.41) is 9.15. The molecule has 1 aromatic carbocycles. The lowest BCUT2D eigenvalue weighted by Gasteiger charge is -2.47. The van der Waals surface area contributed by atoms with E-state index in [1.54, 1.807) is 32.0 Å². The van der Waals surface area contributed by atoms with Crippen LogP contribution in [0.5, 0.6) is 5.75 Å². The van der Waals surface area contributed by atoms with Gasteiger partial charge in [-0.1, -0.05) is 0 Å². The molecule has 1 aromatic rings. The molecule has 3 rings (SSSR count). The largest absolute Gasteiger partial charge is 0.486 e. The monoisotopic (exact) mass is 350 g/mol. The van der Waals surface area contributed by atoms with Crippen LogP contribution in [-0.2, 0) is 9.36 Å². The molecule has 0 spiro atoms. The van der Waals surface area contributed by atoms with Crippen LogP contribution in [0.3, 0.4) is 0 Å². The summed E-state index contributed by atoms with van der Waals surface area (Å²) in [7, 11) is -4.58. The molecule has 1 fully saturated rings. The number of benzene rings is 1. The van der Waals surface area contributed by atoms with Crippen molar-refractivity contribution in [1.82, 2.24) is 4.90 Å². The van der Waals surface area contributed by atoms with Crippen LogP contribution >= 0.6 is 7.60 Å². The van der Waals surface area contributed by atoms with Gasteiger partial charge in [-0.25, -0.2) is 0 Å². The van der Waals surface area contributed by atoms with Gasteiger partial charge in [-0.3, -0.25) is 9.36 Å². The Labute approximate surface area is 140 Å². The van der Waals surface area contributed by atoms with Gasteiger partial charge in [0, 0.05) is 18.5 Å². The molecule has 0 saturated carbocycles. The zero-order chi connectivity index (χ0) is 17.7. The molecule has 2 aliphatic heterocycles. The van der Waals surface area contributed by atoms with E-state index in [1.165, 1.54) is 4.90 Å². The summed E-state index contributed by atoms with van der Waals surface area (Å²) in [6, 6.07) is 5.98. The summed E-state index contributed by atoms with van der Waals surface area (Å²) in [5.41, 5.74) is -1.52. The molecule has 1 saturated heterocycles. The van der Waals surface area contributed by atoms with Crippen LogP contribution in [0.25, 0.3) is 0 Å². The van der Waals surface area contributed by atoms with Crippen LogP contribution in [0.2, 0.25) is 0 Å². The molecule has 0 unspecified atom stereocenters. The summed E-state index contributed by atoms with van der Waals surface area (Å²) in [4.78, 5) is 33.8. The Hall–Kier alpha value is -1.87. The van der Waals surface area contributed by atoms with E-state index in [1.807, 2.05) is 6.07 Å². The minimum atomic E-state index is -4.58. The Balaban J connectivity index is 2.23. The minimum absolute atomic E-state index is 0.135. The van der Waals surface area contributed by atoms with E-state index in [-0.39, 0.29) is 5.91 Å². The molecule has 0 bridgehead atoms. The number of hydrogen-bond donors (Lipinski definition) is 2. The first-order chi connectivity index (χ1) is 11.1. The smallest absolute Gasteiger partial charge is 0.335 e. The first-order valence-corrected chi connectivity index (χ1v) is 9.41. The maximum absolute atomic E-state index is 12.3. The van der Waals surface area contributed by atoms with Gasteiger partial charge in [0.1, 0.15) is 17.0 Å². The fourth-order valence-corrected chi connectivity index (χ4v) is 5.28. The lowest BCUT2D eigenvalue weighted by Crippen LogP contribution is -2.53. The highest BCUT2D eigenvalue weighted by molar-refractivity contribution is 7.52. The highest BCUT2D eigenvalue weighted by Crippen LogP contribution is 2.58. The number of amides is 1. The Bertz CT molecular complexity index is 779. The molecule has 2 atom stereocenters. The Morgan fingerprint density at radius 1 is 1.42 bits per heavy atom. The fraction of sp³-hybridized carbons (Fsp3) is 0.500. The van der Waals surface area contributed by atoms with E-state index in [9.17, 15) is 19.1 Å². The van der Waals surface area contributed by atoms with Gasteiger partial charge < -0.3 is 19.4 Å². The molecule has 7 nitrogen and oxygen atoms in total. The van der Waals surface area contributed by atoms with Crippen molar-refractivity contribution in [3.63, 3.8) is 0 Å².